The van der Waals surface area contributed by atoms with Gasteiger partial charge in [0.15, 0.2) is 5.13 Å². The highest BCUT2D eigenvalue weighted by Crippen LogP contribution is 2.22. The van der Waals surface area contributed by atoms with Crippen molar-refractivity contribution < 1.29 is 0 Å². The normalized spacial score (nSPS) is 10.4. The van der Waals surface area contributed by atoms with E-state index >= 15 is 0 Å². The Bertz CT molecular complexity index is 353. The van der Waals surface area contributed by atoms with Crippen molar-refractivity contribution in [3.8, 4) is 6.07 Å². The highest BCUT2D eigenvalue weighted by molar-refractivity contribution is 7.13. The summed E-state index contributed by atoms with van der Waals surface area (Å²) in [6, 6.07) is 2.55. The zero-order valence-electron chi connectivity index (χ0n) is 10.0. The van der Waals surface area contributed by atoms with Gasteiger partial charge >= 0.3 is 0 Å². The van der Waals surface area contributed by atoms with E-state index in [2.05, 4.69) is 40.5 Å². The molecular weight excluding hydrogens is 220 g/mol. The molecule has 0 spiro atoms. The Morgan fingerprint density at radius 3 is 2.94 bits per heavy atom. The predicted molar refractivity (Wildman–Crippen MR) is 67.6 cm³/mol. The number of anilines is 1. The molecule has 1 rings (SSSR count). The lowest BCUT2D eigenvalue weighted by Gasteiger charge is -2.24. The Kier molecular flexibility index (Phi) is 5.23. The SMILES string of the molecule is CNCc1csc(N(CCC#N)C(C)C)n1. The van der Waals surface area contributed by atoms with Crippen molar-refractivity contribution in [2.45, 2.75) is 32.9 Å². The molecular formula is C11H18N4S. The topological polar surface area (TPSA) is 52.0 Å². The lowest BCUT2D eigenvalue weighted by Crippen LogP contribution is -2.31. The molecule has 16 heavy (non-hydrogen) atoms. The summed E-state index contributed by atoms with van der Waals surface area (Å²) >= 11 is 1.64. The summed E-state index contributed by atoms with van der Waals surface area (Å²) in [6.07, 6.45) is 0.541. The van der Waals surface area contributed by atoms with Gasteiger partial charge < -0.3 is 10.2 Å². The van der Waals surface area contributed by atoms with E-state index < -0.39 is 0 Å². The molecule has 0 aliphatic rings. The van der Waals surface area contributed by atoms with Gasteiger partial charge in [0.05, 0.1) is 18.2 Å². The molecule has 0 aliphatic heterocycles. The molecule has 0 bridgehead atoms. The minimum absolute atomic E-state index is 0.377. The van der Waals surface area contributed by atoms with Crippen LogP contribution in [0.15, 0.2) is 5.38 Å². The van der Waals surface area contributed by atoms with Crippen molar-refractivity contribution >= 4 is 16.5 Å². The first-order valence-corrected chi connectivity index (χ1v) is 6.29. The standard InChI is InChI=1S/C11H18N4S/c1-9(2)15(6-4-5-12)11-14-10(7-13-3)8-16-11/h8-9,13H,4,6-7H2,1-3H3. The van der Waals surface area contributed by atoms with Crippen molar-refractivity contribution in [3.05, 3.63) is 11.1 Å². The first-order valence-electron chi connectivity index (χ1n) is 5.41. The average molecular weight is 238 g/mol. The van der Waals surface area contributed by atoms with Crippen LogP contribution in [0.25, 0.3) is 0 Å². The Labute approximate surface area is 101 Å². The fraction of sp³-hybridized carbons (Fsp3) is 0.636. The molecule has 88 valence electrons. The maximum absolute atomic E-state index is 8.63. The van der Waals surface area contributed by atoms with Crippen LogP contribution in [-0.4, -0.2) is 24.6 Å². The molecule has 0 atom stereocenters. The highest BCUT2D eigenvalue weighted by atomic mass is 32.1. The monoisotopic (exact) mass is 238 g/mol. The van der Waals surface area contributed by atoms with Gasteiger partial charge in [-0.15, -0.1) is 11.3 Å². The number of nitriles is 1. The maximum atomic E-state index is 8.63. The van der Waals surface area contributed by atoms with Gasteiger partial charge in [0.2, 0.25) is 0 Å². The van der Waals surface area contributed by atoms with E-state index in [1.165, 1.54) is 0 Å². The first-order chi connectivity index (χ1) is 7.69. The molecule has 0 saturated carbocycles. The Hall–Kier alpha value is -1.12. The zero-order valence-corrected chi connectivity index (χ0v) is 10.8. The summed E-state index contributed by atoms with van der Waals surface area (Å²) < 4.78 is 0. The summed E-state index contributed by atoms with van der Waals surface area (Å²) in [6.45, 7) is 5.79. The van der Waals surface area contributed by atoms with Crippen molar-refractivity contribution in [2.75, 3.05) is 18.5 Å². The van der Waals surface area contributed by atoms with Crippen molar-refractivity contribution in [1.82, 2.24) is 10.3 Å². The maximum Gasteiger partial charge on any atom is 0.185 e. The number of hydrogen-bond acceptors (Lipinski definition) is 5. The molecule has 0 saturated heterocycles. The van der Waals surface area contributed by atoms with Crippen LogP contribution in [0.4, 0.5) is 5.13 Å². The number of nitrogens with one attached hydrogen (secondary N) is 1. The van der Waals surface area contributed by atoms with Crippen molar-refractivity contribution in [3.63, 3.8) is 0 Å². The van der Waals surface area contributed by atoms with Gasteiger partial charge in [0.25, 0.3) is 0 Å². The molecule has 0 amide bonds. The number of nitrogens with zero attached hydrogens (tertiary/aromatic N) is 3. The van der Waals surface area contributed by atoms with Crippen molar-refractivity contribution in [1.29, 1.82) is 5.26 Å². The minimum Gasteiger partial charge on any atom is -0.345 e. The fourth-order valence-corrected chi connectivity index (χ4v) is 2.42. The van der Waals surface area contributed by atoms with Gasteiger partial charge in [0, 0.05) is 24.5 Å². The second-order valence-corrected chi connectivity index (χ2v) is 4.68. The lowest BCUT2D eigenvalue weighted by molar-refractivity contribution is 0.681. The molecule has 5 heteroatoms. The van der Waals surface area contributed by atoms with Gasteiger partial charge in [0.1, 0.15) is 0 Å². The fourth-order valence-electron chi connectivity index (χ4n) is 1.44. The van der Waals surface area contributed by atoms with Crippen LogP contribution in [0, 0.1) is 11.3 Å². The van der Waals surface area contributed by atoms with Gasteiger partial charge in [-0.05, 0) is 20.9 Å². The van der Waals surface area contributed by atoms with E-state index in [0.29, 0.717) is 12.5 Å². The van der Waals surface area contributed by atoms with Crippen LogP contribution in [0.5, 0.6) is 0 Å². The summed E-state index contributed by atoms with van der Waals surface area (Å²) in [5.74, 6) is 0. The molecule has 0 fully saturated rings. The molecule has 1 N–H and O–H groups in total. The Balaban J connectivity index is 2.72. The first kappa shape index (κ1) is 12.9. The Morgan fingerprint density at radius 2 is 2.38 bits per heavy atom. The molecule has 4 nitrogen and oxygen atoms in total. The lowest BCUT2D eigenvalue weighted by atomic mass is 10.3. The minimum atomic E-state index is 0.377. The molecule has 1 aromatic heterocycles. The molecule has 1 aromatic rings. The van der Waals surface area contributed by atoms with E-state index in [0.717, 1.165) is 23.9 Å². The number of hydrogen-bond donors (Lipinski definition) is 1. The Morgan fingerprint density at radius 1 is 1.62 bits per heavy atom. The zero-order chi connectivity index (χ0) is 12.0. The van der Waals surface area contributed by atoms with Crippen LogP contribution < -0.4 is 10.2 Å². The summed E-state index contributed by atoms with van der Waals surface area (Å²) in [4.78, 5) is 6.72. The molecule has 0 aromatic carbocycles. The van der Waals surface area contributed by atoms with E-state index in [9.17, 15) is 0 Å². The number of aromatic nitrogens is 1. The van der Waals surface area contributed by atoms with Gasteiger partial charge in [-0.2, -0.15) is 5.26 Å². The van der Waals surface area contributed by atoms with Crippen LogP contribution in [-0.2, 0) is 6.54 Å². The third-order valence-electron chi connectivity index (χ3n) is 2.23. The van der Waals surface area contributed by atoms with Crippen LogP contribution in [0.3, 0.4) is 0 Å². The van der Waals surface area contributed by atoms with E-state index in [1.807, 2.05) is 7.05 Å². The number of thiazole rings is 1. The third-order valence-corrected chi connectivity index (χ3v) is 3.16. The van der Waals surface area contributed by atoms with Crippen LogP contribution in [0.2, 0.25) is 0 Å². The molecule has 0 unspecified atom stereocenters. The molecule has 1 heterocycles. The van der Waals surface area contributed by atoms with E-state index in [-0.39, 0.29) is 0 Å². The van der Waals surface area contributed by atoms with Gasteiger partial charge in [-0.1, -0.05) is 0 Å². The van der Waals surface area contributed by atoms with Crippen molar-refractivity contribution in [2.24, 2.45) is 0 Å². The second-order valence-electron chi connectivity index (χ2n) is 3.85. The third kappa shape index (κ3) is 3.47. The summed E-state index contributed by atoms with van der Waals surface area (Å²) in [7, 11) is 1.91. The molecule has 0 aliphatic carbocycles. The number of rotatable bonds is 6. The van der Waals surface area contributed by atoms with Crippen LogP contribution >= 0.6 is 11.3 Å². The summed E-state index contributed by atoms with van der Waals surface area (Å²) in [5.41, 5.74) is 1.06. The average Bonchev–Trinajstić information content (AvgIpc) is 2.67. The largest absolute Gasteiger partial charge is 0.345 e. The highest BCUT2D eigenvalue weighted by Gasteiger charge is 2.13. The van der Waals surface area contributed by atoms with E-state index in [4.69, 9.17) is 5.26 Å². The summed E-state index contributed by atoms with van der Waals surface area (Å²) in [5, 5.41) is 14.8. The van der Waals surface area contributed by atoms with Crippen LogP contribution in [0.1, 0.15) is 26.0 Å². The van der Waals surface area contributed by atoms with Gasteiger partial charge in [-0.25, -0.2) is 4.98 Å². The van der Waals surface area contributed by atoms with Gasteiger partial charge in [-0.3, -0.25) is 0 Å². The molecule has 0 radical (unpaired) electrons. The quantitative estimate of drug-likeness (QED) is 0.823. The second kappa shape index (κ2) is 6.46. The predicted octanol–water partition coefficient (Wildman–Crippen LogP) is 1.99. The van der Waals surface area contributed by atoms with E-state index in [1.54, 1.807) is 11.3 Å². The smallest absolute Gasteiger partial charge is 0.185 e.